The van der Waals surface area contributed by atoms with Gasteiger partial charge < -0.3 is 15.5 Å². The first kappa shape index (κ1) is 13.8. The number of nitrogens with one attached hydrogen (secondary N) is 2. The van der Waals surface area contributed by atoms with Gasteiger partial charge in [0.15, 0.2) is 0 Å². The maximum Gasteiger partial charge on any atom is 0.132 e. The van der Waals surface area contributed by atoms with Gasteiger partial charge in [0.2, 0.25) is 0 Å². The van der Waals surface area contributed by atoms with Gasteiger partial charge in [0, 0.05) is 31.7 Å². The van der Waals surface area contributed by atoms with E-state index in [2.05, 4.69) is 32.1 Å². The standard InChI is InChI=1S/C14H23N5/c1-10-13(17-9-18-14(10)16-4)11(2)19-7-5-12(15-3)6-8-19/h9,12,15H,2,5-8H2,1,3-4H3,(H,16,17,18). The number of likely N-dealkylation sites (tertiary alicyclic amines) is 1. The van der Waals surface area contributed by atoms with Gasteiger partial charge in [0.25, 0.3) is 0 Å². The summed E-state index contributed by atoms with van der Waals surface area (Å²) in [5.41, 5.74) is 3.01. The third-order valence-corrected chi connectivity index (χ3v) is 3.88. The monoisotopic (exact) mass is 261 g/mol. The number of piperidine rings is 1. The molecule has 1 aliphatic rings. The van der Waals surface area contributed by atoms with Crippen LogP contribution in [-0.2, 0) is 0 Å². The molecule has 104 valence electrons. The van der Waals surface area contributed by atoms with Gasteiger partial charge in [0.1, 0.15) is 12.1 Å². The van der Waals surface area contributed by atoms with Crippen molar-refractivity contribution in [3.05, 3.63) is 24.2 Å². The smallest absolute Gasteiger partial charge is 0.132 e. The van der Waals surface area contributed by atoms with E-state index < -0.39 is 0 Å². The van der Waals surface area contributed by atoms with E-state index in [9.17, 15) is 0 Å². The maximum atomic E-state index is 4.39. The quantitative estimate of drug-likeness (QED) is 0.860. The summed E-state index contributed by atoms with van der Waals surface area (Å²) in [7, 11) is 3.91. The topological polar surface area (TPSA) is 53.1 Å². The van der Waals surface area contributed by atoms with E-state index in [1.807, 2.05) is 21.0 Å². The Labute approximate surface area is 115 Å². The van der Waals surface area contributed by atoms with Gasteiger partial charge in [-0.15, -0.1) is 0 Å². The minimum absolute atomic E-state index is 0.628. The van der Waals surface area contributed by atoms with Crippen molar-refractivity contribution in [3.63, 3.8) is 0 Å². The zero-order valence-electron chi connectivity index (χ0n) is 12.0. The van der Waals surface area contributed by atoms with Crippen molar-refractivity contribution in [1.29, 1.82) is 0 Å². The molecule has 19 heavy (non-hydrogen) atoms. The van der Waals surface area contributed by atoms with Crippen LogP contribution in [0.2, 0.25) is 0 Å². The molecule has 0 saturated carbocycles. The number of hydrogen-bond donors (Lipinski definition) is 2. The number of rotatable bonds is 4. The first-order valence-corrected chi connectivity index (χ1v) is 6.78. The Morgan fingerprint density at radius 1 is 1.32 bits per heavy atom. The second-order valence-corrected chi connectivity index (χ2v) is 4.94. The fourth-order valence-corrected chi connectivity index (χ4v) is 2.58. The Morgan fingerprint density at radius 3 is 2.58 bits per heavy atom. The number of aromatic nitrogens is 2. The molecule has 1 aromatic heterocycles. The van der Waals surface area contributed by atoms with E-state index in [4.69, 9.17) is 0 Å². The van der Waals surface area contributed by atoms with Gasteiger partial charge in [-0.2, -0.15) is 0 Å². The molecule has 0 amide bonds. The predicted octanol–water partition coefficient (Wildman–Crippen LogP) is 1.48. The highest BCUT2D eigenvalue weighted by Crippen LogP contribution is 2.25. The van der Waals surface area contributed by atoms with E-state index in [0.29, 0.717) is 6.04 Å². The Kier molecular flexibility index (Phi) is 4.37. The molecule has 0 bridgehead atoms. The minimum Gasteiger partial charge on any atom is -0.373 e. The molecule has 2 N–H and O–H groups in total. The second-order valence-electron chi connectivity index (χ2n) is 4.94. The summed E-state index contributed by atoms with van der Waals surface area (Å²) < 4.78 is 0. The van der Waals surface area contributed by atoms with Crippen LogP contribution in [0, 0.1) is 6.92 Å². The van der Waals surface area contributed by atoms with Crippen molar-refractivity contribution in [2.24, 2.45) is 0 Å². The molecular weight excluding hydrogens is 238 g/mol. The fraction of sp³-hybridized carbons (Fsp3) is 0.571. The van der Waals surface area contributed by atoms with E-state index in [0.717, 1.165) is 48.7 Å². The number of hydrogen-bond acceptors (Lipinski definition) is 5. The van der Waals surface area contributed by atoms with Gasteiger partial charge in [-0.1, -0.05) is 6.58 Å². The molecule has 1 aromatic rings. The third-order valence-electron chi connectivity index (χ3n) is 3.88. The normalized spacial score (nSPS) is 16.5. The maximum absolute atomic E-state index is 4.39. The molecule has 0 aliphatic carbocycles. The molecule has 2 heterocycles. The van der Waals surface area contributed by atoms with Crippen molar-refractivity contribution in [1.82, 2.24) is 20.2 Å². The largest absolute Gasteiger partial charge is 0.373 e. The third kappa shape index (κ3) is 2.87. The van der Waals surface area contributed by atoms with E-state index in [1.54, 1.807) is 6.33 Å². The zero-order chi connectivity index (χ0) is 13.8. The predicted molar refractivity (Wildman–Crippen MR) is 79.0 cm³/mol. The lowest BCUT2D eigenvalue weighted by Crippen LogP contribution is -2.40. The Hall–Kier alpha value is -1.62. The Morgan fingerprint density at radius 2 is 2.00 bits per heavy atom. The van der Waals surface area contributed by atoms with Crippen LogP contribution in [0.4, 0.5) is 5.82 Å². The summed E-state index contributed by atoms with van der Waals surface area (Å²) >= 11 is 0. The van der Waals surface area contributed by atoms with Crippen LogP contribution < -0.4 is 10.6 Å². The summed E-state index contributed by atoms with van der Waals surface area (Å²) in [6.45, 7) is 8.32. The van der Waals surface area contributed by atoms with Crippen LogP contribution in [0.5, 0.6) is 0 Å². The molecule has 0 aromatic carbocycles. The van der Waals surface area contributed by atoms with E-state index >= 15 is 0 Å². The SMILES string of the molecule is C=C(c1ncnc(NC)c1C)N1CCC(NC)CC1. The zero-order valence-corrected chi connectivity index (χ0v) is 12.0. The van der Waals surface area contributed by atoms with Gasteiger partial charge in [0.05, 0.1) is 11.4 Å². The first-order chi connectivity index (χ1) is 9.17. The van der Waals surface area contributed by atoms with Gasteiger partial charge in [-0.3, -0.25) is 0 Å². The van der Waals surface area contributed by atoms with Crippen molar-refractivity contribution in [2.75, 3.05) is 32.5 Å². The molecule has 5 heteroatoms. The van der Waals surface area contributed by atoms with E-state index in [-0.39, 0.29) is 0 Å². The molecule has 2 rings (SSSR count). The molecule has 0 spiro atoms. The summed E-state index contributed by atoms with van der Waals surface area (Å²) in [5.74, 6) is 0.872. The molecule has 1 fully saturated rings. The fourth-order valence-electron chi connectivity index (χ4n) is 2.58. The molecule has 0 unspecified atom stereocenters. The van der Waals surface area contributed by atoms with Gasteiger partial charge in [-0.05, 0) is 26.8 Å². The van der Waals surface area contributed by atoms with Crippen LogP contribution >= 0.6 is 0 Å². The van der Waals surface area contributed by atoms with Crippen LogP contribution in [0.25, 0.3) is 5.70 Å². The summed E-state index contributed by atoms with van der Waals surface area (Å²) in [6, 6.07) is 0.628. The second kappa shape index (κ2) is 6.02. The summed E-state index contributed by atoms with van der Waals surface area (Å²) in [5, 5.41) is 6.43. The number of nitrogens with zero attached hydrogens (tertiary/aromatic N) is 3. The van der Waals surface area contributed by atoms with Gasteiger partial charge >= 0.3 is 0 Å². The Bertz CT molecular complexity index is 449. The van der Waals surface area contributed by atoms with Crippen LogP contribution in [0.1, 0.15) is 24.1 Å². The lowest BCUT2D eigenvalue weighted by molar-refractivity contribution is 0.279. The highest BCUT2D eigenvalue weighted by atomic mass is 15.2. The van der Waals surface area contributed by atoms with Crippen molar-refractivity contribution >= 4 is 11.5 Å². The molecule has 0 radical (unpaired) electrons. The van der Waals surface area contributed by atoms with E-state index in [1.165, 1.54) is 0 Å². The van der Waals surface area contributed by atoms with Crippen LogP contribution in [0.3, 0.4) is 0 Å². The minimum atomic E-state index is 0.628. The summed E-state index contributed by atoms with van der Waals surface area (Å²) in [6.07, 6.45) is 3.90. The molecule has 5 nitrogen and oxygen atoms in total. The summed E-state index contributed by atoms with van der Waals surface area (Å²) in [4.78, 5) is 10.9. The molecule has 1 aliphatic heterocycles. The van der Waals surface area contributed by atoms with Crippen molar-refractivity contribution in [3.8, 4) is 0 Å². The average Bonchev–Trinajstić information content (AvgIpc) is 2.47. The first-order valence-electron chi connectivity index (χ1n) is 6.78. The van der Waals surface area contributed by atoms with Crippen LogP contribution in [0.15, 0.2) is 12.9 Å². The number of anilines is 1. The van der Waals surface area contributed by atoms with Crippen molar-refractivity contribution in [2.45, 2.75) is 25.8 Å². The highest BCUT2D eigenvalue weighted by molar-refractivity contribution is 5.65. The molecule has 1 saturated heterocycles. The molecule has 0 atom stereocenters. The van der Waals surface area contributed by atoms with Gasteiger partial charge in [-0.25, -0.2) is 9.97 Å². The molecular formula is C14H23N5. The lowest BCUT2D eigenvalue weighted by atomic mass is 10.0. The average molecular weight is 261 g/mol. The highest BCUT2D eigenvalue weighted by Gasteiger charge is 2.21. The van der Waals surface area contributed by atoms with Crippen molar-refractivity contribution < 1.29 is 0 Å². The Balaban J connectivity index is 2.12. The lowest BCUT2D eigenvalue weighted by Gasteiger charge is -2.34. The van der Waals surface area contributed by atoms with Crippen LogP contribution in [-0.4, -0.2) is 48.1 Å².